The van der Waals surface area contributed by atoms with Crippen molar-refractivity contribution in [3.05, 3.63) is 29.8 Å². The number of para-hydroxylation sites is 1. The minimum absolute atomic E-state index is 0.0378. The van der Waals surface area contributed by atoms with Crippen LogP contribution < -0.4 is 10.1 Å². The van der Waals surface area contributed by atoms with Crippen molar-refractivity contribution < 1.29 is 14.2 Å². The zero-order valence-corrected chi connectivity index (χ0v) is 12.7. The molecular formula is C17H25NO3. The summed E-state index contributed by atoms with van der Waals surface area (Å²) in [5.41, 5.74) is 1.35. The summed E-state index contributed by atoms with van der Waals surface area (Å²) in [5.74, 6) is 1.61. The van der Waals surface area contributed by atoms with Crippen LogP contribution in [0, 0.1) is 0 Å². The third-order valence-corrected chi connectivity index (χ3v) is 4.31. The van der Waals surface area contributed by atoms with E-state index in [2.05, 4.69) is 30.4 Å². The van der Waals surface area contributed by atoms with Crippen LogP contribution in [0.2, 0.25) is 0 Å². The molecule has 4 nitrogen and oxygen atoms in total. The van der Waals surface area contributed by atoms with Crippen molar-refractivity contribution in [1.82, 2.24) is 5.32 Å². The molecule has 4 heteroatoms. The fraction of sp³-hybridized carbons (Fsp3) is 0.647. The molecule has 1 aromatic carbocycles. The predicted octanol–water partition coefficient (Wildman–Crippen LogP) is 2.68. The molecule has 2 aliphatic rings. The van der Waals surface area contributed by atoms with Crippen molar-refractivity contribution in [1.29, 1.82) is 0 Å². The molecule has 1 N–H and O–H groups in total. The van der Waals surface area contributed by atoms with E-state index in [1.165, 1.54) is 5.56 Å². The summed E-state index contributed by atoms with van der Waals surface area (Å²) in [6.45, 7) is 5.40. The van der Waals surface area contributed by atoms with Crippen LogP contribution in [0.25, 0.3) is 0 Å². The van der Waals surface area contributed by atoms with Crippen LogP contribution in [-0.2, 0) is 9.47 Å². The smallest absolute Gasteiger partial charge is 0.159 e. The highest BCUT2D eigenvalue weighted by molar-refractivity contribution is 5.37. The van der Waals surface area contributed by atoms with E-state index in [4.69, 9.17) is 14.2 Å². The quantitative estimate of drug-likeness (QED) is 0.875. The van der Waals surface area contributed by atoms with Crippen molar-refractivity contribution >= 4 is 0 Å². The minimum Gasteiger partial charge on any atom is -0.493 e. The second kappa shape index (κ2) is 7.25. The number of benzene rings is 1. The fourth-order valence-corrected chi connectivity index (χ4v) is 3.33. The molecule has 0 radical (unpaired) electrons. The number of ether oxygens (including phenoxy) is 3. The summed E-state index contributed by atoms with van der Waals surface area (Å²) in [6, 6.07) is 8.85. The summed E-state index contributed by atoms with van der Waals surface area (Å²) in [7, 11) is 0. The summed E-state index contributed by atoms with van der Waals surface area (Å²) in [6.07, 6.45) is 3.08. The molecule has 116 valence electrons. The maximum absolute atomic E-state index is 5.76. The van der Waals surface area contributed by atoms with E-state index in [-0.39, 0.29) is 6.29 Å². The summed E-state index contributed by atoms with van der Waals surface area (Å²) in [5, 5.41) is 3.59. The van der Waals surface area contributed by atoms with E-state index in [9.17, 15) is 0 Å². The van der Waals surface area contributed by atoms with Gasteiger partial charge in [-0.05, 0) is 36.9 Å². The van der Waals surface area contributed by atoms with Gasteiger partial charge in [0.05, 0.1) is 19.8 Å². The molecule has 1 aromatic rings. The molecule has 0 bridgehead atoms. The Labute approximate surface area is 126 Å². The first-order valence-electron chi connectivity index (χ1n) is 8.05. The van der Waals surface area contributed by atoms with Crippen LogP contribution >= 0.6 is 0 Å². The zero-order valence-electron chi connectivity index (χ0n) is 12.7. The highest BCUT2D eigenvalue weighted by atomic mass is 16.7. The molecule has 2 aliphatic heterocycles. The molecule has 2 unspecified atom stereocenters. The molecular weight excluding hydrogens is 266 g/mol. The van der Waals surface area contributed by atoms with Crippen molar-refractivity contribution in [3.63, 3.8) is 0 Å². The van der Waals surface area contributed by atoms with E-state index in [1.807, 2.05) is 6.07 Å². The van der Waals surface area contributed by atoms with Crippen LogP contribution in [0.1, 0.15) is 37.7 Å². The van der Waals surface area contributed by atoms with Crippen molar-refractivity contribution in [2.24, 2.45) is 0 Å². The molecule has 0 amide bonds. The predicted molar refractivity (Wildman–Crippen MR) is 81.7 cm³/mol. The standard InChI is InChI=1S/C17H25NO3/c1-2-18-14(12-17-20-9-10-21-17)11-13-7-8-19-16-6-4-3-5-15(13)16/h3-6,13-14,17-18H,2,7-12H2,1H3. The molecule has 21 heavy (non-hydrogen) atoms. The Morgan fingerprint density at radius 1 is 1.14 bits per heavy atom. The number of fused-ring (bicyclic) bond motifs is 1. The minimum atomic E-state index is -0.0378. The van der Waals surface area contributed by atoms with Gasteiger partial charge >= 0.3 is 0 Å². The van der Waals surface area contributed by atoms with Gasteiger partial charge in [-0.3, -0.25) is 0 Å². The van der Waals surface area contributed by atoms with Gasteiger partial charge in [0, 0.05) is 12.5 Å². The van der Waals surface area contributed by atoms with Gasteiger partial charge in [0.2, 0.25) is 0 Å². The van der Waals surface area contributed by atoms with E-state index in [1.54, 1.807) is 0 Å². The van der Waals surface area contributed by atoms with Gasteiger partial charge in [0.15, 0.2) is 6.29 Å². The number of hydrogen-bond acceptors (Lipinski definition) is 4. The van der Waals surface area contributed by atoms with Crippen molar-refractivity contribution in [3.8, 4) is 5.75 Å². The van der Waals surface area contributed by atoms with E-state index >= 15 is 0 Å². The Hall–Kier alpha value is -1.10. The van der Waals surface area contributed by atoms with Gasteiger partial charge in [-0.15, -0.1) is 0 Å². The van der Waals surface area contributed by atoms with E-state index < -0.39 is 0 Å². The normalized spacial score (nSPS) is 23.6. The van der Waals surface area contributed by atoms with Crippen LogP contribution in [0.5, 0.6) is 5.75 Å². The van der Waals surface area contributed by atoms with Gasteiger partial charge in [-0.2, -0.15) is 0 Å². The van der Waals surface area contributed by atoms with Crippen LogP contribution in [0.15, 0.2) is 24.3 Å². The molecule has 0 saturated carbocycles. The van der Waals surface area contributed by atoms with Gasteiger partial charge in [0.1, 0.15) is 5.75 Å². The first-order valence-corrected chi connectivity index (χ1v) is 8.05. The summed E-state index contributed by atoms with van der Waals surface area (Å²) in [4.78, 5) is 0. The topological polar surface area (TPSA) is 39.7 Å². The first kappa shape index (κ1) is 14.8. The lowest BCUT2D eigenvalue weighted by atomic mass is 9.86. The number of nitrogens with one attached hydrogen (secondary N) is 1. The van der Waals surface area contributed by atoms with Gasteiger partial charge in [-0.1, -0.05) is 25.1 Å². The number of rotatable bonds is 6. The maximum atomic E-state index is 5.76. The Morgan fingerprint density at radius 2 is 1.95 bits per heavy atom. The maximum Gasteiger partial charge on any atom is 0.159 e. The second-order valence-electron chi connectivity index (χ2n) is 5.77. The zero-order chi connectivity index (χ0) is 14.5. The Balaban J connectivity index is 1.65. The second-order valence-corrected chi connectivity index (χ2v) is 5.77. The van der Waals surface area contributed by atoms with Crippen molar-refractivity contribution in [2.75, 3.05) is 26.4 Å². The molecule has 0 aliphatic carbocycles. The average molecular weight is 291 g/mol. The largest absolute Gasteiger partial charge is 0.493 e. The molecule has 0 aromatic heterocycles. The molecule has 0 spiro atoms. The van der Waals surface area contributed by atoms with Gasteiger partial charge < -0.3 is 19.5 Å². The molecule has 2 atom stereocenters. The summed E-state index contributed by atoms with van der Waals surface area (Å²) < 4.78 is 17.0. The fourth-order valence-electron chi connectivity index (χ4n) is 3.33. The lowest BCUT2D eigenvalue weighted by Gasteiger charge is -2.30. The van der Waals surface area contributed by atoms with Gasteiger partial charge in [0.25, 0.3) is 0 Å². The Bertz CT molecular complexity index is 445. The Kier molecular flexibility index (Phi) is 5.12. The monoisotopic (exact) mass is 291 g/mol. The number of hydrogen-bond donors (Lipinski definition) is 1. The van der Waals surface area contributed by atoms with Crippen LogP contribution in [0.4, 0.5) is 0 Å². The lowest BCUT2D eigenvalue weighted by Crippen LogP contribution is -2.35. The third kappa shape index (κ3) is 3.76. The molecule has 1 fully saturated rings. The molecule has 3 rings (SSSR count). The average Bonchev–Trinajstić information content (AvgIpc) is 3.01. The first-order chi connectivity index (χ1) is 10.4. The van der Waals surface area contributed by atoms with Crippen LogP contribution in [-0.4, -0.2) is 38.7 Å². The Morgan fingerprint density at radius 3 is 2.76 bits per heavy atom. The summed E-state index contributed by atoms with van der Waals surface area (Å²) >= 11 is 0. The van der Waals surface area contributed by atoms with Crippen LogP contribution in [0.3, 0.4) is 0 Å². The van der Waals surface area contributed by atoms with E-state index in [0.717, 1.165) is 51.4 Å². The highest BCUT2D eigenvalue weighted by Crippen LogP contribution is 2.36. The third-order valence-electron chi connectivity index (χ3n) is 4.31. The molecule has 2 heterocycles. The van der Waals surface area contributed by atoms with Gasteiger partial charge in [-0.25, -0.2) is 0 Å². The molecule has 1 saturated heterocycles. The SMILES string of the molecule is CCNC(CC1OCCO1)CC1CCOc2ccccc21. The highest BCUT2D eigenvalue weighted by Gasteiger charge is 2.27. The van der Waals surface area contributed by atoms with E-state index in [0.29, 0.717) is 12.0 Å². The van der Waals surface area contributed by atoms with Crippen molar-refractivity contribution in [2.45, 2.75) is 44.4 Å². The lowest BCUT2D eigenvalue weighted by molar-refractivity contribution is -0.0535.